The van der Waals surface area contributed by atoms with Gasteiger partial charge in [0.2, 0.25) is 0 Å². The van der Waals surface area contributed by atoms with Crippen molar-refractivity contribution in [3.05, 3.63) is 23.8 Å². The lowest BCUT2D eigenvalue weighted by atomic mass is 10.2. The average molecular weight is 303 g/mol. The van der Waals surface area contributed by atoms with Crippen LogP contribution in [-0.2, 0) is 6.54 Å². The number of hydrogen-bond acceptors (Lipinski definition) is 5. The molecule has 1 aliphatic carbocycles. The van der Waals surface area contributed by atoms with Crippen molar-refractivity contribution in [2.75, 3.05) is 13.7 Å². The highest BCUT2D eigenvalue weighted by molar-refractivity contribution is 5.81. The largest absolute Gasteiger partial charge is 0.493 e. The summed E-state index contributed by atoms with van der Waals surface area (Å²) >= 11 is 0. The van der Waals surface area contributed by atoms with Gasteiger partial charge in [0, 0.05) is 12.6 Å². The van der Waals surface area contributed by atoms with Crippen LogP contribution < -0.4 is 20.1 Å². The highest BCUT2D eigenvalue weighted by atomic mass is 16.5. The Hall–Kier alpha value is -1.91. The third-order valence-corrected chi connectivity index (χ3v) is 4.19. The summed E-state index contributed by atoms with van der Waals surface area (Å²) in [6, 6.07) is 6.53. The fourth-order valence-corrected chi connectivity index (χ4v) is 2.95. The molecule has 1 atom stereocenters. The molecule has 0 amide bonds. The summed E-state index contributed by atoms with van der Waals surface area (Å²) in [6.07, 6.45) is 5.14. The molecular weight excluding hydrogens is 278 g/mol. The lowest BCUT2D eigenvalue weighted by molar-refractivity contribution is 0.200. The van der Waals surface area contributed by atoms with E-state index in [0.717, 1.165) is 49.0 Å². The van der Waals surface area contributed by atoms with Gasteiger partial charge in [0.25, 0.3) is 0 Å². The predicted octanol–water partition coefficient (Wildman–Crippen LogP) is 2.45. The highest BCUT2D eigenvalue weighted by Crippen LogP contribution is 2.32. The average Bonchev–Trinajstić information content (AvgIpc) is 3.17. The van der Waals surface area contributed by atoms with Gasteiger partial charge in [-0.1, -0.05) is 6.07 Å². The third-order valence-electron chi connectivity index (χ3n) is 4.19. The second-order valence-corrected chi connectivity index (χ2v) is 6.10. The number of ether oxygens (including phenoxy) is 2. The Labute approximate surface area is 132 Å². The highest BCUT2D eigenvalue weighted by Gasteiger charge is 2.19. The smallest absolute Gasteiger partial charge is 0.191 e. The van der Waals surface area contributed by atoms with Crippen LogP contribution in [0.15, 0.2) is 23.2 Å². The van der Waals surface area contributed by atoms with Gasteiger partial charge in [-0.2, -0.15) is 0 Å². The maximum absolute atomic E-state index is 6.13. The van der Waals surface area contributed by atoms with Gasteiger partial charge in [0.1, 0.15) is 0 Å². The molecule has 1 saturated carbocycles. The van der Waals surface area contributed by atoms with Gasteiger partial charge < -0.3 is 20.1 Å². The van der Waals surface area contributed by atoms with Gasteiger partial charge in [-0.05, 0) is 50.3 Å². The Bertz CT molecular complexity index is 539. The Morgan fingerprint density at radius 1 is 1.27 bits per heavy atom. The van der Waals surface area contributed by atoms with E-state index in [4.69, 9.17) is 9.47 Å². The summed E-state index contributed by atoms with van der Waals surface area (Å²) in [5, 5.41) is 6.63. The van der Waals surface area contributed by atoms with Crippen LogP contribution in [0.4, 0.5) is 0 Å². The first-order chi connectivity index (χ1) is 10.7. The number of nitrogens with zero attached hydrogens (tertiary/aromatic N) is 1. The third kappa shape index (κ3) is 3.64. The molecule has 2 N–H and O–H groups in total. The van der Waals surface area contributed by atoms with E-state index in [1.54, 1.807) is 7.11 Å². The summed E-state index contributed by atoms with van der Waals surface area (Å²) in [7, 11) is 1.69. The fraction of sp³-hybridized carbons (Fsp3) is 0.588. The van der Waals surface area contributed by atoms with E-state index in [1.165, 1.54) is 12.8 Å². The predicted molar refractivity (Wildman–Crippen MR) is 87.6 cm³/mol. The molecule has 1 heterocycles. The zero-order chi connectivity index (χ0) is 15.4. The van der Waals surface area contributed by atoms with Crippen molar-refractivity contribution in [2.24, 2.45) is 4.99 Å². The number of rotatable bonds is 5. The molecule has 22 heavy (non-hydrogen) atoms. The molecule has 0 saturated heterocycles. The molecule has 0 bridgehead atoms. The summed E-state index contributed by atoms with van der Waals surface area (Å²) in [5.74, 6) is 2.53. The number of nitrogens with one attached hydrogen (secondary N) is 2. The lowest BCUT2D eigenvalue weighted by Gasteiger charge is -2.17. The van der Waals surface area contributed by atoms with Crippen LogP contribution in [0.25, 0.3) is 0 Å². The first-order valence-corrected chi connectivity index (χ1v) is 8.13. The minimum absolute atomic E-state index is 0.332. The Kier molecular flexibility index (Phi) is 4.71. The number of methoxy groups -OCH3 is 1. The standard InChI is InChI=1S/C17H25N3O2/c1-12-10-18-17(20-12)19-11-13-7-8-15(21-2)16(9-13)22-14-5-3-4-6-14/h7-9,12,14H,3-6,10-11H2,1-2H3,(H2,18,19,20). The fourth-order valence-electron chi connectivity index (χ4n) is 2.95. The molecule has 0 aromatic heterocycles. The second-order valence-electron chi connectivity index (χ2n) is 6.10. The Morgan fingerprint density at radius 3 is 2.77 bits per heavy atom. The van der Waals surface area contributed by atoms with Gasteiger partial charge in [-0.15, -0.1) is 0 Å². The molecule has 3 rings (SSSR count). The quantitative estimate of drug-likeness (QED) is 0.877. The summed E-state index contributed by atoms with van der Waals surface area (Å²) in [4.78, 5) is 4.41. The van der Waals surface area contributed by atoms with Crippen LogP contribution in [0.1, 0.15) is 38.2 Å². The molecule has 1 aliphatic heterocycles. The first-order valence-electron chi connectivity index (χ1n) is 8.13. The topological polar surface area (TPSA) is 54.9 Å². The molecule has 0 radical (unpaired) electrons. The van der Waals surface area contributed by atoms with Gasteiger partial charge in [-0.3, -0.25) is 4.99 Å². The first kappa shape index (κ1) is 15.0. The van der Waals surface area contributed by atoms with E-state index in [0.29, 0.717) is 12.1 Å². The van der Waals surface area contributed by atoms with Gasteiger partial charge in [-0.25, -0.2) is 0 Å². The molecule has 1 aromatic rings. The molecule has 2 aliphatic rings. The van der Waals surface area contributed by atoms with Crippen molar-refractivity contribution in [1.29, 1.82) is 0 Å². The minimum Gasteiger partial charge on any atom is -0.493 e. The molecule has 1 fully saturated rings. The molecule has 1 unspecified atom stereocenters. The van der Waals surface area contributed by atoms with Crippen molar-refractivity contribution in [2.45, 2.75) is 51.3 Å². The van der Waals surface area contributed by atoms with Crippen molar-refractivity contribution in [1.82, 2.24) is 10.6 Å². The van der Waals surface area contributed by atoms with Crippen LogP contribution in [0.5, 0.6) is 11.5 Å². The molecule has 5 nitrogen and oxygen atoms in total. The van der Waals surface area contributed by atoms with E-state index in [9.17, 15) is 0 Å². The van der Waals surface area contributed by atoms with E-state index in [-0.39, 0.29) is 0 Å². The van der Waals surface area contributed by atoms with Crippen LogP contribution >= 0.6 is 0 Å². The van der Waals surface area contributed by atoms with E-state index >= 15 is 0 Å². The normalized spacial score (nSPS) is 21.4. The summed E-state index contributed by atoms with van der Waals surface area (Å²) < 4.78 is 11.5. The number of guanidine groups is 1. The lowest BCUT2D eigenvalue weighted by Crippen LogP contribution is -2.37. The zero-order valence-electron chi connectivity index (χ0n) is 13.4. The maximum atomic E-state index is 6.13. The molecule has 0 spiro atoms. The van der Waals surface area contributed by atoms with Crippen molar-refractivity contribution in [3.8, 4) is 11.5 Å². The van der Waals surface area contributed by atoms with Crippen LogP contribution in [-0.4, -0.2) is 31.8 Å². The van der Waals surface area contributed by atoms with Crippen molar-refractivity contribution in [3.63, 3.8) is 0 Å². The Balaban J connectivity index is 1.64. The summed E-state index contributed by atoms with van der Waals surface area (Å²) in [6.45, 7) is 3.68. The van der Waals surface area contributed by atoms with E-state index < -0.39 is 0 Å². The van der Waals surface area contributed by atoms with Gasteiger partial charge >= 0.3 is 0 Å². The van der Waals surface area contributed by atoms with Crippen molar-refractivity contribution < 1.29 is 9.47 Å². The number of hydrogen-bond donors (Lipinski definition) is 2. The number of aliphatic imine (C=N–C) groups is 1. The summed E-state index contributed by atoms with van der Waals surface area (Å²) in [5.41, 5.74) is 1.16. The van der Waals surface area contributed by atoms with E-state index in [2.05, 4.69) is 34.7 Å². The van der Waals surface area contributed by atoms with Gasteiger partial charge in [0.05, 0.1) is 19.8 Å². The van der Waals surface area contributed by atoms with Gasteiger partial charge in [0.15, 0.2) is 17.5 Å². The molecule has 120 valence electrons. The SMILES string of the molecule is COc1ccc(CNC2=NCC(C)N2)cc1OC1CCCC1. The number of benzene rings is 1. The monoisotopic (exact) mass is 303 g/mol. The van der Waals surface area contributed by atoms with Crippen LogP contribution in [0.2, 0.25) is 0 Å². The van der Waals surface area contributed by atoms with Crippen molar-refractivity contribution >= 4 is 5.96 Å². The second kappa shape index (κ2) is 6.90. The maximum Gasteiger partial charge on any atom is 0.191 e. The van der Waals surface area contributed by atoms with Crippen LogP contribution in [0.3, 0.4) is 0 Å². The molecular formula is C17H25N3O2. The molecule has 1 aromatic carbocycles. The van der Waals surface area contributed by atoms with E-state index in [1.807, 2.05) is 6.07 Å². The Morgan fingerprint density at radius 2 is 2.09 bits per heavy atom. The van der Waals surface area contributed by atoms with Crippen LogP contribution in [0, 0.1) is 0 Å². The molecule has 5 heteroatoms. The zero-order valence-corrected chi connectivity index (χ0v) is 13.4. The minimum atomic E-state index is 0.332.